The summed E-state index contributed by atoms with van der Waals surface area (Å²) in [5.41, 5.74) is 1.57. The van der Waals surface area contributed by atoms with Gasteiger partial charge in [0.15, 0.2) is 12.4 Å². The van der Waals surface area contributed by atoms with Crippen LogP contribution in [0, 0.1) is 0 Å². The molecule has 32 heavy (non-hydrogen) atoms. The highest BCUT2D eigenvalue weighted by Gasteiger charge is 2.28. The number of Topliss-reactive ketones (excluding diaryl/α,β-unsaturated/α-hetero) is 1. The van der Waals surface area contributed by atoms with E-state index < -0.39 is 11.9 Å². The van der Waals surface area contributed by atoms with Crippen molar-refractivity contribution in [2.75, 3.05) is 30.0 Å². The first-order valence-corrected chi connectivity index (χ1v) is 10.6. The first kappa shape index (κ1) is 23.0. The summed E-state index contributed by atoms with van der Waals surface area (Å²) < 4.78 is 10.6. The van der Waals surface area contributed by atoms with Crippen LogP contribution in [0.5, 0.6) is 5.75 Å². The van der Waals surface area contributed by atoms with Crippen LogP contribution in [0.4, 0.5) is 11.4 Å². The molecule has 8 nitrogen and oxygen atoms in total. The van der Waals surface area contributed by atoms with Crippen LogP contribution >= 0.6 is 0 Å². The first-order chi connectivity index (χ1) is 15.4. The predicted molar refractivity (Wildman–Crippen MR) is 119 cm³/mol. The average molecular weight is 438 g/mol. The van der Waals surface area contributed by atoms with Crippen LogP contribution in [0.2, 0.25) is 0 Å². The molecule has 0 aromatic heterocycles. The number of carbonyl (C=O) groups excluding carboxylic acids is 4. The fourth-order valence-corrected chi connectivity index (χ4v) is 3.21. The van der Waals surface area contributed by atoms with E-state index in [4.69, 9.17) is 9.47 Å². The number of ketones is 1. The lowest BCUT2D eigenvalue weighted by Gasteiger charge is -2.29. The number of rotatable bonds is 9. The number of nitrogens with zero attached hydrogens (tertiary/aromatic N) is 1. The van der Waals surface area contributed by atoms with Crippen LogP contribution in [0.25, 0.3) is 0 Å². The Morgan fingerprint density at radius 2 is 1.91 bits per heavy atom. The Kier molecular flexibility index (Phi) is 7.59. The smallest absolute Gasteiger partial charge is 0.338 e. The van der Waals surface area contributed by atoms with E-state index in [2.05, 4.69) is 5.32 Å². The molecule has 1 aliphatic rings. The Bertz CT molecular complexity index is 1030. The van der Waals surface area contributed by atoms with Gasteiger partial charge in [0, 0.05) is 17.7 Å². The Balaban J connectivity index is 1.72. The molecule has 0 bridgehead atoms. The Morgan fingerprint density at radius 1 is 1.09 bits per heavy atom. The molecule has 0 aliphatic carbocycles. The molecule has 1 aliphatic heterocycles. The van der Waals surface area contributed by atoms with Crippen molar-refractivity contribution in [3.05, 3.63) is 53.6 Å². The first-order valence-electron chi connectivity index (χ1n) is 10.6. The molecule has 1 heterocycles. The van der Waals surface area contributed by atoms with Gasteiger partial charge in [0.2, 0.25) is 5.91 Å². The number of nitrogens with one attached hydrogen (secondary N) is 1. The molecule has 0 radical (unpaired) electrons. The number of esters is 1. The molecule has 0 spiro atoms. The zero-order chi connectivity index (χ0) is 23.1. The number of fused-ring (bicyclic) bond motifs is 1. The second kappa shape index (κ2) is 10.6. The number of hydrogen-bond donors (Lipinski definition) is 1. The Morgan fingerprint density at radius 3 is 2.66 bits per heavy atom. The number of anilines is 2. The fourth-order valence-electron chi connectivity index (χ4n) is 3.21. The van der Waals surface area contributed by atoms with Gasteiger partial charge in [0.25, 0.3) is 5.91 Å². The Hall–Kier alpha value is -3.68. The highest BCUT2D eigenvalue weighted by molar-refractivity contribution is 6.06. The van der Waals surface area contributed by atoms with E-state index in [0.29, 0.717) is 41.3 Å². The van der Waals surface area contributed by atoms with E-state index in [0.717, 1.165) is 12.8 Å². The fraction of sp³-hybridized carbons (Fsp3) is 0.333. The van der Waals surface area contributed by atoms with E-state index in [1.54, 1.807) is 43.3 Å². The average Bonchev–Trinajstić information content (AvgIpc) is 2.80. The molecule has 0 unspecified atom stereocenters. The van der Waals surface area contributed by atoms with Crippen molar-refractivity contribution in [2.24, 2.45) is 0 Å². The van der Waals surface area contributed by atoms with Crippen molar-refractivity contribution in [3.8, 4) is 5.75 Å². The standard InChI is InChI=1S/C24H26N2O6/c1-3-5-11-31-24(30)17-7-6-8-18(12-17)25-22(28)14-26-19-13-16(20(27)4-2)9-10-21(19)32-15-23(26)29/h6-10,12-13H,3-5,11,14-15H2,1-2H3,(H,25,28). The summed E-state index contributed by atoms with van der Waals surface area (Å²) in [5.74, 6) is -0.934. The number of carbonyl (C=O) groups is 4. The summed E-state index contributed by atoms with van der Waals surface area (Å²) in [6.07, 6.45) is 2.02. The molecule has 2 aromatic rings. The minimum absolute atomic E-state index is 0.0714. The van der Waals surface area contributed by atoms with Crippen LogP contribution in [0.15, 0.2) is 42.5 Å². The minimum Gasteiger partial charge on any atom is -0.482 e. The normalized spacial score (nSPS) is 12.6. The number of benzene rings is 2. The molecule has 0 saturated carbocycles. The third-order valence-corrected chi connectivity index (χ3v) is 4.96. The molecule has 1 N–H and O–H groups in total. The summed E-state index contributed by atoms with van der Waals surface area (Å²) in [4.78, 5) is 50.6. The van der Waals surface area contributed by atoms with Gasteiger partial charge in [-0.1, -0.05) is 26.3 Å². The maximum atomic E-state index is 12.7. The van der Waals surface area contributed by atoms with Crippen LogP contribution < -0.4 is 15.0 Å². The number of unbranched alkanes of at least 4 members (excludes halogenated alkanes) is 1. The molecule has 8 heteroatoms. The lowest BCUT2D eigenvalue weighted by molar-refractivity contribution is -0.123. The number of amides is 2. The van der Waals surface area contributed by atoms with Crippen molar-refractivity contribution >= 4 is 34.9 Å². The van der Waals surface area contributed by atoms with Gasteiger partial charge >= 0.3 is 5.97 Å². The van der Waals surface area contributed by atoms with Gasteiger partial charge in [-0.25, -0.2) is 4.79 Å². The summed E-state index contributed by atoms with van der Waals surface area (Å²) in [6.45, 7) is 3.64. The van der Waals surface area contributed by atoms with Gasteiger partial charge < -0.3 is 14.8 Å². The SMILES string of the molecule is CCCCOC(=O)c1cccc(NC(=O)CN2C(=O)COc3ccc(C(=O)CC)cc32)c1. The Labute approximate surface area is 186 Å². The van der Waals surface area contributed by atoms with Crippen LogP contribution in [-0.2, 0) is 14.3 Å². The van der Waals surface area contributed by atoms with Crippen molar-refractivity contribution < 1.29 is 28.7 Å². The van der Waals surface area contributed by atoms with E-state index in [-0.39, 0.29) is 24.8 Å². The topological polar surface area (TPSA) is 102 Å². The van der Waals surface area contributed by atoms with Crippen LogP contribution in [-0.4, -0.2) is 43.3 Å². The summed E-state index contributed by atoms with van der Waals surface area (Å²) in [7, 11) is 0. The van der Waals surface area contributed by atoms with Gasteiger partial charge in [-0.05, 0) is 42.8 Å². The maximum Gasteiger partial charge on any atom is 0.338 e. The summed E-state index contributed by atoms with van der Waals surface area (Å²) in [5, 5.41) is 2.70. The molecule has 168 valence electrons. The van der Waals surface area contributed by atoms with Gasteiger partial charge in [-0.2, -0.15) is 0 Å². The zero-order valence-corrected chi connectivity index (χ0v) is 18.2. The minimum atomic E-state index is -0.458. The van der Waals surface area contributed by atoms with Crippen molar-refractivity contribution in [1.82, 2.24) is 0 Å². The van der Waals surface area contributed by atoms with Crippen LogP contribution in [0.1, 0.15) is 53.8 Å². The van der Waals surface area contributed by atoms with Gasteiger partial charge in [-0.3, -0.25) is 19.3 Å². The molecule has 0 atom stereocenters. The van der Waals surface area contributed by atoms with Gasteiger partial charge in [-0.15, -0.1) is 0 Å². The quantitative estimate of drug-likeness (QED) is 0.365. The van der Waals surface area contributed by atoms with E-state index >= 15 is 0 Å². The van der Waals surface area contributed by atoms with Crippen molar-refractivity contribution in [1.29, 1.82) is 0 Å². The highest BCUT2D eigenvalue weighted by Crippen LogP contribution is 2.33. The van der Waals surface area contributed by atoms with Crippen molar-refractivity contribution in [3.63, 3.8) is 0 Å². The summed E-state index contributed by atoms with van der Waals surface area (Å²) >= 11 is 0. The number of hydrogen-bond acceptors (Lipinski definition) is 6. The molecule has 2 amide bonds. The molecule has 3 rings (SSSR count). The number of ether oxygens (including phenoxy) is 2. The molecule has 0 saturated heterocycles. The third-order valence-electron chi connectivity index (χ3n) is 4.96. The largest absolute Gasteiger partial charge is 0.482 e. The molecular weight excluding hydrogens is 412 g/mol. The van der Waals surface area contributed by atoms with E-state index in [1.165, 1.54) is 11.0 Å². The third kappa shape index (κ3) is 5.51. The second-order valence-corrected chi connectivity index (χ2v) is 7.35. The second-order valence-electron chi connectivity index (χ2n) is 7.35. The highest BCUT2D eigenvalue weighted by atomic mass is 16.5. The zero-order valence-electron chi connectivity index (χ0n) is 18.2. The lowest BCUT2D eigenvalue weighted by Crippen LogP contribution is -2.43. The van der Waals surface area contributed by atoms with E-state index in [9.17, 15) is 19.2 Å². The molecule has 2 aromatic carbocycles. The maximum absolute atomic E-state index is 12.7. The predicted octanol–water partition coefficient (Wildman–Crippen LogP) is 3.60. The molecule has 0 fully saturated rings. The van der Waals surface area contributed by atoms with Crippen LogP contribution in [0.3, 0.4) is 0 Å². The van der Waals surface area contributed by atoms with E-state index in [1.807, 2.05) is 6.92 Å². The van der Waals surface area contributed by atoms with Gasteiger partial charge in [0.05, 0.1) is 17.9 Å². The lowest BCUT2D eigenvalue weighted by atomic mass is 10.1. The molecular formula is C24H26N2O6. The van der Waals surface area contributed by atoms with Crippen molar-refractivity contribution in [2.45, 2.75) is 33.1 Å². The van der Waals surface area contributed by atoms with Gasteiger partial charge in [0.1, 0.15) is 12.3 Å². The monoisotopic (exact) mass is 438 g/mol. The summed E-state index contributed by atoms with van der Waals surface area (Å²) in [6, 6.07) is 11.3.